The van der Waals surface area contributed by atoms with Gasteiger partial charge in [0.1, 0.15) is 16.5 Å². The average Bonchev–Trinajstić information content (AvgIpc) is 3.25. The highest BCUT2D eigenvalue weighted by atomic mass is 35.5. The number of ether oxygens (including phenoxy) is 3. The summed E-state index contributed by atoms with van der Waals surface area (Å²) in [7, 11) is 1.60. The van der Waals surface area contributed by atoms with Gasteiger partial charge in [-0.25, -0.2) is 9.48 Å². The second kappa shape index (κ2) is 12.2. The number of methoxy groups -OCH3 is 1. The van der Waals surface area contributed by atoms with Gasteiger partial charge in [-0.05, 0) is 49.6 Å². The second-order valence-electron chi connectivity index (χ2n) is 8.47. The van der Waals surface area contributed by atoms with Crippen LogP contribution in [0, 0.1) is 0 Å². The number of hydrogen-bond donors (Lipinski definition) is 0. The Hall–Kier alpha value is -3.12. The molecule has 0 N–H and O–H groups in total. The summed E-state index contributed by atoms with van der Waals surface area (Å²) < 4.78 is 54.2. The van der Waals surface area contributed by atoms with E-state index in [0.29, 0.717) is 43.2 Å². The highest BCUT2D eigenvalue weighted by Gasteiger charge is 2.32. The predicted molar refractivity (Wildman–Crippen MR) is 137 cm³/mol. The highest BCUT2D eigenvalue weighted by molar-refractivity contribution is 8.00. The lowest BCUT2D eigenvalue weighted by Gasteiger charge is -2.33. The van der Waals surface area contributed by atoms with Gasteiger partial charge in [0.2, 0.25) is 5.69 Å². The van der Waals surface area contributed by atoms with E-state index in [2.05, 4.69) is 15.0 Å². The Balaban J connectivity index is 1.47. The first-order valence-electron chi connectivity index (χ1n) is 11.9. The molecule has 0 aliphatic carbocycles. The summed E-state index contributed by atoms with van der Waals surface area (Å²) in [6, 6.07) is 11.6. The second-order valence-corrected chi connectivity index (χ2v) is 10.2. The van der Waals surface area contributed by atoms with Gasteiger partial charge in [0.25, 0.3) is 0 Å². The molecule has 204 valence electrons. The van der Waals surface area contributed by atoms with Crippen molar-refractivity contribution in [1.29, 1.82) is 0 Å². The molecule has 13 heteroatoms. The molecule has 0 spiro atoms. The first kappa shape index (κ1) is 27.9. The standard InChI is InChI=1S/C25H26ClF3N4O4S/c1-3-36-24(34)22-23(33(31-30-22)15-16-4-6-19(35-2)7-5-16)38-21-8-10-32(11-9-21)18-12-17(26)13-20(14-18)37-25(27,28)29/h4-7,12-14,21H,3,8-11,15H2,1-2H3. The molecule has 0 amide bonds. The van der Waals surface area contributed by atoms with Crippen LogP contribution in [0.5, 0.6) is 11.5 Å². The largest absolute Gasteiger partial charge is 0.573 e. The third kappa shape index (κ3) is 7.25. The van der Waals surface area contributed by atoms with Crippen LogP contribution in [0.25, 0.3) is 0 Å². The summed E-state index contributed by atoms with van der Waals surface area (Å²) in [5, 5.41) is 9.21. The van der Waals surface area contributed by atoms with Crippen molar-refractivity contribution in [1.82, 2.24) is 15.0 Å². The maximum absolute atomic E-state index is 12.7. The maximum atomic E-state index is 12.7. The minimum atomic E-state index is -4.80. The lowest BCUT2D eigenvalue weighted by Crippen LogP contribution is -2.35. The minimum Gasteiger partial charge on any atom is -0.497 e. The van der Waals surface area contributed by atoms with Crippen molar-refractivity contribution in [3.63, 3.8) is 0 Å². The Morgan fingerprint density at radius 2 is 1.84 bits per heavy atom. The quantitative estimate of drug-likeness (QED) is 0.298. The van der Waals surface area contributed by atoms with Gasteiger partial charge in [0.05, 0.1) is 20.3 Å². The van der Waals surface area contributed by atoms with E-state index in [-0.39, 0.29) is 28.3 Å². The normalized spacial score (nSPS) is 14.4. The van der Waals surface area contributed by atoms with Gasteiger partial charge in [0, 0.05) is 35.1 Å². The van der Waals surface area contributed by atoms with Crippen LogP contribution >= 0.6 is 23.4 Å². The van der Waals surface area contributed by atoms with Gasteiger partial charge in [-0.2, -0.15) is 0 Å². The summed E-state index contributed by atoms with van der Waals surface area (Å²) in [6.45, 7) is 3.51. The minimum absolute atomic E-state index is 0.123. The molecule has 0 bridgehead atoms. The molecular weight excluding hydrogens is 545 g/mol. The maximum Gasteiger partial charge on any atom is 0.573 e. The molecule has 2 aromatic carbocycles. The molecule has 8 nitrogen and oxygen atoms in total. The van der Waals surface area contributed by atoms with Crippen LogP contribution in [0.15, 0.2) is 47.5 Å². The van der Waals surface area contributed by atoms with Crippen molar-refractivity contribution in [3.05, 3.63) is 58.7 Å². The SMILES string of the molecule is CCOC(=O)c1nnn(Cc2ccc(OC)cc2)c1SC1CCN(c2cc(Cl)cc(OC(F)(F)F)c2)CC1. The molecule has 1 aliphatic heterocycles. The number of esters is 1. The molecule has 0 unspecified atom stereocenters. The number of benzene rings is 2. The Bertz CT molecular complexity index is 1250. The number of nitrogens with zero attached hydrogens (tertiary/aromatic N) is 4. The molecule has 1 saturated heterocycles. The molecule has 38 heavy (non-hydrogen) atoms. The predicted octanol–water partition coefficient (Wildman–Crippen LogP) is 5.82. The number of aromatic nitrogens is 3. The number of piperidine rings is 1. The zero-order chi connectivity index (χ0) is 27.3. The third-order valence-electron chi connectivity index (χ3n) is 5.82. The molecule has 1 aromatic heterocycles. The third-order valence-corrected chi connectivity index (χ3v) is 7.48. The van der Waals surface area contributed by atoms with E-state index in [9.17, 15) is 18.0 Å². The van der Waals surface area contributed by atoms with Crippen molar-refractivity contribution >= 4 is 35.0 Å². The molecule has 4 rings (SSSR count). The highest BCUT2D eigenvalue weighted by Crippen LogP contribution is 2.36. The molecule has 0 radical (unpaired) electrons. The molecule has 1 fully saturated rings. The van der Waals surface area contributed by atoms with Crippen LogP contribution in [-0.2, 0) is 11.3 Å². The van der Waals surface area contributed by atoms with Crippen LogP contribution in [0.1, 0.15) is 35.8 Å². The Morgan fingerprint density at radius 1 is 1.13 bits per heavy atom. The van der Waals surface area contributed by atoms with Crippen LogP contribution in [0.4, 0.5) is 18.9 Å². The summed E-state index contributed by atoms with van der Waals surface area (Å²) in [5.74, 6) is -0.161. The molecular formula is C25H26ClF3N4O4S. The lowest BCUT2D eigenvalue weighted by atomic mass is 10.1. The van der Waals surface area contributed by atoms with Crippen molar-refractivity contribution in [2.75, 3.05) is 31.7 Å². The zero-order valence-corrected chi connectivity index (χ0v) is 22.3. The molecule has 2 heterocycles. The van der Waals surface area contributed by atoms with Crippen LogP contribution in [0.2, 0.25) is 5.02 Å². The molecule has 0 saturated carbocycles. The van der Waals surface area contributed by atoms with E-state index >= 15 is 0 Å². The summed E-state index contributed by atoms with van der Waals surface area (Å²) in [5.41, 5.74) is 1.68. The summed E-state index contributed by atoms with van der Waals surface area (Å²) >= 11 is 7.55. The van der Waals surface area contributed by atoms with Crippen molar-refractivity contribution in [2.45, 2.75) is 42.9 Å². The van der Waals surface area contributed by atoms with Crippen LogP contribution < -0.4 is 14.4 Å². The van der Waals surface area contributed by atoms with E-state index < -0.39 is 12.3 Å². The van der Waals surface area contributed by atoms with Crippen LogP contribution in [0.3, 0.4) is 0 Å². The number of thioether (sulfide) groups is 1. The van der Waals surface area contributed by atoms with E-state index in [1.165, 1.54) is 17.8 Å². The topological polar surface area (TPSA) is 78.7 Å². The monoisotopic (exact) mass is 570 g/mol. The average molecular weight is 571 g/mol. The smallest absolute Gasteiger partial charge is 0.497 e. The number of carbonyl (C=O) groups is 1. The number of halogens is 4. The van der Waals surface area contributed by atoms with Gasteiger partial charge in [-0.3, -0.25) is 0 Å². The zero-order valence-electron chi connectivity index (χ0n) is 20.7. The van der Waals surface area contributed by atoms with E-state index in [1.807, 2.05) is 29.2 Å². The van der Waals surface area contributed by atoms with Gasteiger partial charge >= 0.3 is 12.3 Å². The number of alkyl halides is 3. The fraction of sp³-hybridized carbons (Fsp3) is 0.400. The fourth-order valence-electron chi connectivity index (χ4n) is 4.07. The first-order valence-corrected chi connectivity index (χ1v) is 13.1. The Morgan fingerprint density at radius 3 is 2.47 bits per heavy atom. The van der Waals surface area contributed by atoms with Gasteiger partial charge in [-0.15, -0.1) is 30.0 Å². The van der Waals surface area contributed by atoms with Crippen LogP contribution in [-0.4, -0.2) is 59.4 Å². The molecule has 1 aliphatic rings. The number of carbonyl (C=O) groups excluding carboxylic acids is 1. The van der Waals surface area contributed by atoms with Gasteiger partial charge < -0.3 is 19.1 Å². The van der Waals surface area contributed by atoms with Crippen molar-refractivity contribution < 1.29 is 32.2 Å². The van der Waals surface area contributed by atoms with Crippen molar-refractivity contribution in [2.24, 2.45) is 0 Å². The van der Waals surface area contributed by atoms with Gasteiger partial charge in [0.15, 0.2) is 0 Å². The molecule has 3 aromatic rings. The number of rotatable bonds is 9. The van der Waals surface area contributed by atoms with E-state index in [0.717, 1.165) is 17.4 Å². The summed E-state index contributed by atoms with van der Waals surface area (Å²) in [4.78, 5) is 14.5. The summed E-state index contributed by atoms with van der Waals surface area (Å²) in [6.07, 6.45) is -3.38. The Labute approximate surface area is 227 Å². The first-order chi connectivity index (χ1) is 18.1. The molecule has 0 atom stereocenters. The van der Waals surface area contributed by atoms with Gasteiger partial charge in [-0.1, -0.05) is 28.9 Å². The van der Waals surface area contributed by atoms with E-state index in [4.69, 9.17) is 21.1 Å². The van der Waals surface area contributed by atoms with E-state index in [1.54, 1.807) is 24.8 Å². The van der Waals surface area contributed by atoms with Crippen molar-refractivity contribution in [3.8, 4) is 11.5 Å². The number of hydrogen-bond acceptors (Lipinski definition) is 8. The Kier molecular flexibility index (Phi) is 8.93. The lowest BCUT2D eigenvalue weighted by molar-refractivity contribution is -0.274. The fourth-order valence-corrected chi connectivity index (χ4v) is 5.51. The number of anilines is 1.